The molecule has 0 aromatic heterocycles. The van der Waals surface area contributed by atoms with Gasteiger partial charge in [0.05, 0.1) is 19.6 Å². The quantitative estimate of drug-likeness (QED) is 0.738. The van der Waals surface area contributed by atoms with Gasteiger partial charge in [0.15, 0.2) is 0 Å². The van der Waals surface area contributed by atoms with Gasteiger partial charge in [-0.05, 0) is 19.1 Å². The van der Waals surface area contributed by atoms with Crippen LogP contribution in [0.2, 0.25) is 0 Å². The maximum absolute atomic E-state index is 11.8. The van der Waals surface area contributed by atoms with Gasteiger partial charge in [0.2, 0.25) is 5.91 Å². The minimum absolute atomic E-state index is 0.0274. The van der Waals surface area contributed by atoms with E-state index in [9.17, 15) is 4.79 Å². The first-order valence-electron chi connectivity index (χ1n) is 8.58. The maximum atomic E-state index is 11.8. The minimum Gasteiger partial charge on any atom is -0.378 e. The van der Waals surface area contributed by atoms with Gasteiger partial charge in [-0.1, -0.05) is 12.1 Å². The van der Waals surface area contributed by atoms with Crippen LogP contribution in [0.5, 0.6) is 0 Å². The second-order valence-corrected chi connectivity index (χ2v) is 6.35. The summed E-state index contributed by atoms with van der Waals surface area (Å²) >= 11 is 0. The van der Waals surface area contributed by atoms with Crippen molar-refractivity contribution in [3.63, 3.8) is 0 Å². The van der Waals surface area contributed by atoms with Crippen LogP contribution in [-0.4, -0.2) is 52.9 Å². The summed E-state index contributed by atoms with van der Waals surface area (Å²) in [5.74, 6) is -0.0274. The Balaban J connectivity index is 2.03. The zero-order valence-electron chi connectivity index (χ0n) is 14.6. The first-order chi connectivity index (χ1) is 11.1. The average Bonchev–Trinajstić information content (AvgIpc) is 3.08. The fraction of sp³-hybridized carbons (Fsp3) is 0.611. The molecule has 1 aliphatic heterocycles. The number of nitrogens with zero attached hydrogens (tertiary/aromatic N) is 1. The number of amides is 1. The van der Waals surface area contributed by atoms with Gasteiger partial charge in [-0.25, -0.2) is 0 Å². The largest absolute Gasteiger partial charge is 0.378 e. The van der Waals surface area contributed by atoms with Crippen molar-refractivity contribution >= 4 is 11.6 Å². The Kier molecular flexibility index (Phi) is 6.86. The van der Waals surface area contributed by atoms with Crippen LogP contribution in [-0.2, 0) is 9.53 Å². The van der Waals surface area contributed by atoms with Crippen molar-refractivity contribution in [3.05, 3.63) is 29.8 Å². The Morgan fingerprint density at radius 2 is 1.91 bits per heavy atom. The van der Waals surface area contributed by atoms with Crippen molar-refractivity contribution in [3.8, 4) is 0 Å². The number of nitrogens with one attached hydrogen (secondary N) is 2. The molecule has 128 valence electrons. The highest BCUT2D eigenvalue weighted by Crippen LogP contribution is 2.17. The summed E-state index contributed by atoms with van der Waals surface area (Å²) in [6, 6.07) is 9.01. The predicted molar refractivity (Wildman–Crippen MR) is 92.9 cm³/mol. The van der Waals surface area contributed by atoms with Crippen LogP contribution in [0.25, 0.3) is 0 Å². The molecule has 2 rings (SSSR count). The number of ether oxygens (including phenoxy) is 1. The molecular weight excluding hydrogens is 290 g/mol. The first-order valence-corrected chi connectivity index (χ1v) is 8.58. The lowest BCUT2D eigenvalue weighted by Crippen LogP contribution is -3.11. The van der Waals surface area contributed by atoms with Gasteiger partial charge in [0.25, 0.3) is 0 Å². The Hall–Kier alpha value is -1.59. The lowest BCUT2D eigenvalue weighted by molar-refractivity contribution is -0.918. The molecule has 1 amide bonds. The summed E-state index contributed by atoms with van der Waals surface area (Å²) in [4.78, 5) is 15.5. The van der Waals surface area contributed by atoms with E-state index in [-0.39, 0.29) is 12.5 Å². The highest BCUT2D eigenvalue weighted by Gasteiger charge is 2.27. The molecule has 0 spiro atoms. The molecule has 1 atom stereocenters. The van der Waals surface area contributed by atoms with E-state index >= 15 is 0 Å². The molecule has 0 radical (unpaired) electrons. The normalized spacial score (nSPS) is 16.3. The number of anilines is 1. The Labute approximate surface area is 139 Å². The molecule has 5 heteroatoms. The number of hydrogen-bond donors (Lipinski definition) is 2. The maximum Gasteiger partial charge on any atom is 0.246 e. The molecule has 0 unspecified atom stereocenters. The molecular formula is C18H30N3O2+. The first kappa shape index (κ1) is 17.8. The second kappa shape index (κ2) is 8.89. The van der Waals surface area contributed by atoms with E-state index in [1.54, 1.807) is 4.90 Å². The molecule has 1 aromatic carbocycles. The van der Waals surface area contributed by atoms with Crippen molar-refractivity contribution in [1.82, 2.24) is 5.32 Å². The number of likely N-dealkylation sites (tertiary alicyclic amines) is 1. The van der Waals surface area contributed by atoms with Crippen molar-refractivity contribution in [2.24, 2.45) is 0 Å². The molecule has 1 aromatic rings. The molecule has 2 N–H and O–H groups in total. The van der Waals surface area contributed by atoms with Gasteiger partial charge in [-0.2, -0.15) is 0 Å². The number of benzene rings is 1. The Morgan fingerprint density at radius 1 is 1.26 bits per heavy atom. The third-order valence-electron chi connectivity index (χ3n) is 4.49. The summed E-state index contributed by atoms with van der Waals surface area (Å²) in [5.41, 5.74) is 2.49. The monoisotopic (exact) mass is 320 g/mol. The lowest BCUT2D eigenvalue weighted by Gasteiger charge is -2.26. The topological polar surface area (TPSA) is 46.0 Å². The van der Waals surface area contributed by atoms with E-state index in [4.69, 9.17) is 4.74 Å². The van der Waals surface area contributed by atoms with Crippen LogP contribution in [0.1, 0.15) is 31.4 Å². The van der Waals surface area contributed by atoms with E-state index in [1.165, 1.54) is 37.2 Å². The summed E-state index contributed by atoms with van der Waals surface area (Å²) < 4.78 is 5.18. The van der Waals surface area contributed by atoms with Crippen LogP contribution >= 0.6 is 0 Å². The average molecular weight is 320 g/mol. The van der Waals surface area contributed by atoms with Crippen LogP contribution < -0.4 is 15.1 Å². The van der Waals surface area contributed by atoms with Crippen molar-refractivity contribution in [1.29, 1.82) is 0 Å². The molecule has 0 saturated carbocycles. The van der Waals surface area contributed by atoms with Crippen LogP contribution in [0.4, 0.5) is 5.69 Å². The molecule has 1 aliphatic rings. The third-order valence-corrected chi connectivity index (χ3v) is 4.49. The fourth-order valence-electron chi connectivity index (χ4n) is 3.14. The molecule has 0 bridgehead atoms. The molecule has 0 aliphatic carbocycles. The van der Waals surface area contributed by atoms with Crippen LogP contribution in [0, 0.1) is 0 Å². The molecule has 1 fully saturated rings. The number of carbonyl (C=O) groups excluding carboxylic acids is 1. The Bertz CT molecular complexity index is 482. The lowest BCUT2D eigenvalue weighted by atomic mass is 10.0. The predicted octanol–water partition coefficient (Wildman–Crippen LogP) is 0.625. The van der Waals surface area contributed by atoms with E-state index < -0.39 is 0 Å². The number of carbonyl (C=O) groups is 1. The summed E-state index contributed by atoms with van der Waals surface area (Å²) in [5, 5.41) is 3.04. The number of quaternary nitrogens is 1. The number of hydrogen-bond acceptors (Lipinski definition) is 3. The third kappa shape index (κ3) is 5.22. The molecule has 5 nitrogen and oxygen atoms in total. The fourth-order valence-corrected chi connectivity index (χ4v) is 3.14. The van der Waals surface area contributed by atoms with Gasteiger partial charge in [0.1, 0.15) is 12.6 Å². The SMILES string of the molecule is CCOCC(=O)NC[C@H](c1ccc(N(C)C)cc1)[NH+]1CCCC1. The zero-order valence-corrected chi connectivity index (χ0v) is 14.6. The van der Waals surface area contributed by atoms with Gasteiger partial charge in [-0.15, -0.1) is 0 Å². The van der Waals surface area contributed by atoms with Crippen LogP contribution in [0.15, 0.2) is 24.3 Å². The Morgan fingerprint density at radius 3 is 2.48 bits per heavy atom. The van der Waals surface area contributed by atoms with Gasteiger partial charge < -0.3 is 19.9 Å². The molecule has 1 heterocycles. The van der Waals surface area contributed by atoms with Gasteiger partial charge >= 0.3 is 0 Å². The molecule has 23 heavy (non-hydrogen) atoms. The van der Waals surface area contributed by atoms with Crippen LogP contribution in [0.3, 0.4) is 0 Å². The standard InChI is InChI=1S/C18H29N3O2/c1-4-23-14-18(22)19-13-17(21-11-5-6-12-21)15-7-9-16(10-8-15)20(2)3/h7-10,17H,4-6,11-14H2,1-3H3,(H,19,22)/p+1/t17-/m1/s1. The summed E-state index contributed by atoms with van der Waals surface area (Å²) in [6.07, 6.45) is 2.54. The van der Waals surface area contributed by atoms with Gasteiger partial charge in [-0.3, -0.25) is 4.79 Å². The van der Waals surface area contributed by atoms with Crippen molar-refractivity contribution < 1.29 is 14.4 Å². The van der Waals surface area contributed by atoms with Crippen molar-refractivity contribution in [2.75, 3.05) is 51.8 Å². The van der Waals surface area contributed by atoms with E-state index in [1.807, 2.05) is 21.0 Å². The highest BCUT2D eigenvalue weighted by atomic mass is 16.5. The minimum atomic E-state index is -0.0274. The smallest absolute Gasteiger partial charge is 0.246 e. The second-order valence-electron chi connectivity index (χ2n) is 6.35. The number of rotatable bonds is 8. The zero-order chi connectivity index (χ0) is 16.7. The highest BCUT2D eigenvalue weighted by molar-refractivity contribution is 5.77. The molecule has 1 saturated heterocycles. The van der Waals surface area contributed by atoms with Crippen molar-refractivity contribution in [2.45, 2.75) is 25.8 Å². The van der Waals surface area contributed by atoms with Gasteiger partial charge in [0, 0.05) is 44.8 Å². The van der Waals surface area contributed by atoms with E-state index in [0.717, 1.165) is 0 Å². The summed E-state index contributed by atoms with van der Waals surface area (Å²) in [7, 11) is 4.10. The summed E-state index contributed by atoms with van der Waals surface area (Å²) in [6.45, 7) is 5.65. The van der Waals surface area contributed by atoms with E-state index in [2.05, 4.69) is 34.5 Å². The van der Waals surface area contributed by atoms with E-state index in [0.29, 0.717) is 19.2 Å².